The quantitative estimate of drug-likeness (QED) is 0.920. The summed E-state index contributed by atoms with van der Waals surface area (Å²) in [5, 5.41) is 2.04. The summed E-state index contributed by atoms with van der Waals surface area (Å²) in [4.78, 5) is 14.1. The lowest BCUT2D eigenvalue weighted by atomic mass is 9.90. The number of hydrogen-bond donors (Lipinski definition) is 1. The average molecular weight is 333 g/mol. The highest BCUT2D eigenvalue weighted by Gasteiger charge is 2.37. The number of halogens is 1. The Bertz CT molecular complexity index is 429. The van der Waals surface area contributed by atoms with Gasteiger partial charge in [-0.2, -0.15) is 0 Å². The molecule has 0 aliphatic carbocycles. The fourth-order valence-corrected chi connectivity index (χ4v) is 3.30. The Labute approximate surface area is 119 Å². The summed E-state index contributed by atoms with van der Waals surface area (Å²) in [7, 11) is 1.80. The van der Waals surface area contributed by atoms with Crippen LogP contribution in [0.4, 0.5) is 0 Å². The van der Waals surface area contributed by atoms with Gasteiger partial charge >= 0.3 is 0 Å². The minimum atomic E-state index is -0.750. The summed E-state index contributed by atoms with van der Waals surface area (Å²) in [6, 6.07) is 2.03. The molecule has 0 aromatic carbocycles. The zero-order chi connectivity index (χ0) is 13.2. The first-order chi connectivity index (χ1) is 8.51. The Morgan fingerprint density at radius 3 is 2.83 bits per heavy atom. The molecular weight excluding hydrogens is 316 g/mol. The predicted molar refractivity (Wildman–Crippen MR) is 75.5 cm³/mol. The molecule has 1 aliphatic heterocycles. The van der Waals surface area contributed by atoms with Crippen LogP contribution < -0.4 is 5.73 Å². The van der Waals surface area contributed by atoms with Gasteiger partial charge in [0.25, 0.3) is 0 Å². The van der Waals surface area contributed by atoms with Crippen molar-refractivity contribution in [3.8, 4) is 0 Å². The molecule has 0 saturated carbocycles. The Kier molecular flexibility index (Phi) is 4.42. The van der Waals surface area contributed by atoms with Crippen LogP contribution in [-0.2, 0) is 16.1 Å². The van der Waals surface area contributed by atoms with E-state index in [9.17, 15) is 4.79 Å². The molecule has 18 heavy (non-hydrogen) atoms. The average Bonchev–Trinajstić information content (AvgIpc) is 2.74. The number of amides is 1. The normalized spacial score (nSPS) is 18.6. The maximum atomic E-state index is 12.4. The van der Waals surface area contributed by atoms with E-state index in [0.717, 1.165) is 9.35 Å². The second kappa shape index (κ2) is 5.69. The minimum Gasteiger partial charge on any atom is -0.381 e. The molecule has 4 nitrogen and oxygen atoms in total. The smallest absolute Gasteiger partial charge is 0.242 e. The van der Waals surface area contributed by atoms with Crippen molar-refractivity contribution in [1.29, 1.82) is 0 Å². The van der Waals surface area contributed by atoms with Crippen molar-refractivity contribution in [2.45, 2.75) is 24.9 Å². The predicted octanol–water partition coefficient (Wildman–Crippen LogP) is 1.98. The topological polar surface area (TPSA) is 55.6 Å². The molecule has 1 aromatic heterocycles. The Morgan fingerprint density at radius 1 is 1.61 bits per heavy atom. The van der Waals surface area contributed by atoms with Gasteiger partial charge in [-0.1, -0.05) is 0 Å². The molecule has 0 radical (unpaired) electrons. The molecule has 2 rings (SSSR count). The lowest BCUT2D eigenvalue weighted by molar-refractivity contribution is -0.139. The summed E-state index contributed by atoms with van der Waals surface area (Å²) >= 11 is 5.04. The van der Waals surface area contributed by atoms with E-state index in [1.807, 2.05) is 11.4 Å². The minimum absolute atomic E-state index is 0.00752. The van der Waals surface area contributed by atoms with Gasteiger partial charge in [0.2, 0.25) is 5.91 Å². The molecular formula is C12H17BrN2O2S. The number of nitrogens with zero attached hydrogens (tertiary/aromatic N) is 1. The molecule has 1 aliphatic rings. The van der Waals surface area contributed by atoms with Crippen LogP contribution in [0.3, 0.4) is 0 Å². The Morgan fingerprint density at radius 2 is 2.28 bits per heavy atom. The van der Waals surface area contributed by atoms with Crippen LogP contribution in [0.25, 0.3) is 0 Å². The summed E-state index contributed by atoms with van der Waals surface area (Å²) in [6.07, 6.45) is 1.20. The fraction of sp³-hybridized carbons (Fsp3) is 0.583. The van der Waals surface area contributed by atoms with Gasteiger partial charge < -0.3 is 15.4 Å². The maximum Gasteiger partial charge on any atom is 0.242 e. The number of thiophene rings is 1. The van der Waals surface area contributed by atoms with Crippen molar-refractivity contribution in [3.05, 3.63) is 20.8 Å². The van der Waals surface area contributed by atoms with Crippen LogP contribution in [0.2, 0.25) is 0 Å². The van der Waals surface area contributed by atoms with Gasteiger partial charge in [-0.25, -0.2) is 0 Å². The van der Waals surface area contributed by atoms with Crippen molar-refractivity contribution in [3.63, 3.8) is 0 Å². The number of rotatable bonds is 3. The van der Waals surface area contributed by atoms with Crippen LogP contribution >= 0.6 is 27.3 Å². The van der Waals surface area contributed by atoms with Gasteiger partial charge in [0.05, 0.1) is 9.33 Å². The van der Waals surface area contributed by atoms with E-state index < -0.39 is 5.54 Å². The fourth-order valence-electron chi connectivity index (χ4n) is 2.10. The molecule has 6 heteroatoms. The molecule has 100 valence electrons. The van der Waals surface area contributed by atoms with Gasteiger partial charge in [-0.3, -0.25) is 4.79 Å². The zero-order valence-corrected chi connectivity index (χ0v) is 12.7. The van der Waals surface area contributed by atoms with Gasteiger partial charge in [0.15, 0.2) is 0 Å². The van der Waals surface area contributed by atoms with Crippen LogP contribution in [0.5, 0.6) is 0 Å². The molecule has 0 atom stereocenters. The maximum absolute atomic E-state index is 12.4. The van der Waals surface area contributed by atoms with Crippen molar-refractivity contribution in [2.75, 3.05) is 20.3 Å². The first-order valence-electron chi connectivity index (χ1n) is 5.86. The zero-order valence-electron chi connectivity index (χ0n) is 10.3. The van der Waals surface area contributed by atoms with E-state index in [1.54, 1.807) is 23.3 Å². The van der Waals surface area contributed by atoms with Gasteiger partial charge in [-0.05, 0) is 45.8 Å². The van der Waals surface area contributed by atoms with Crippen LogP contribution in [0.15, 0.2) is 15.2 Å². The van der Waals surface area contributed by atoms with E-state index in [2.05, 4.69) is 15.9 Å². The Hall–Kier alpha value is -0.430. The number of carbonyl (C=O) groups is 1. The third kappa shape index (κ3) is 3.12. The summed E-state index contributed by atoms with van der Waals surface area (Å²) in [5.41, 5.74) is 6.56. The van der Waals surface area contributed by atoms with Gasteiger partial charge in [0, 0.05) is 26.8 Å². The van der Waals surface area contributed by atoms with E-state index >= 15 is 0 Å². The molecule has 0 spiro atoms. The largest absolute Gasteiger partial charge is 0.381 e. The van der Waals surface area contributed by atoms with Crippen molar-refractivity contribution in [2.24, 2.45) is 5.73 Å². The number of likely N-dealkylation sites (N-methyl/N-ethyl adjacent to an activating group) is 1. The molecule has 1 amide bonds. The number of hydrogen-bond acceptors (Lipinski definition) is 4. The monoisotopic (exact) mass is 332 g/mol. The van der Waals surface area contributed by atoms with Crippen molar-refractivity contribution < 1.29 is 9.53 Å². The summed E-state index contributed by atoms with van der Waals surface area (Å²) in [5.74, 6) is 0.00752. The second-order valence-electron chi connectivity index (χ2n) is 4.69. The van der Waals surface area contributed by atoms with Crippen molar-refractivity contribution >= 4 is 33.2 Å². The third-order valence-electron chi connectivity index (χ3n) is 3.20. The highest BCUT2D eigenvalue weighted by molar-refractivity contribution is 9.11. The van der Waals surface area contributed by atoms with Crippen molar-refractivity contribution in [1.82, 2.24) is 4.90 Å². The van der Waals surface area contributed by atoms with E-state index in [1.165, 1.54) is 0 Å². The number of ether oxygens (including phenoxy) is 1. The highest BCUT2D eigenvalue weighted by Crippen LogP contribution is 2.24. The molecule has 2 N–H and O–H groups in total. The first-order valence-corrected chi connectivity index (χ1v) is 7.54. The number of carbonyl (C=O) groups excluding carboxylic acids is 1. The standard InChI is InChI=1S/C12H17BrN2O2S/c1-15(7-9-6-10(13)18-8-9)11(16)12(14)2-4-17-5-3-12/h6,8H,2-5,7,14H2,1H3. The third-order valence-corrected chi connectivity index (χ3v) is 4.75. The lowest BCUT2D eigenvalue weighted by Crippen LogP contribution is -2.57. The molecule has 2 heterocycles. The molecule has 1 fully saturated rings. The highest BCUT2D eigenvalue weighted by atomic mass is 79.9. The SMILES string of the molecule is CN(Cc1csc(Br)c1)C(=O)C1(N)CCOCC1. The summed E-state index contributed by atoms with van der Waals surface area (Å²) in [6.45, 7) is 1.74. The van der Waals surface area contributed by atoms with E-state index in [4.69, 9.17) is 10.5 Å². The van der Waals surface area contributed by atoms with E-state index in [0.29, 0.717) is 32.6 Å². The van der Waals surface area contributed by atoms with E-state index in [-0.39, 0.29) is 5.91 Å². The van der Waals surface area contributed by atoms with Crippen LogP contribution in [0, 0.1) is 0 Å². The molecule has 1 aromatic rings. The van der Waals surface area contributed by atoms with Crippen LogP contribution in [-0.4, -0.2) is 36.6 Å². The Balaban J connectivity index is 1.99. The molecule has 1 saturated heterocycles. The lowest BCUT2D eigenvalue weighted by Gasteiger charge is -2.35. The van der Waals surface area contributed by atoms with Gasteiger partial charge in [-0.15, -0.1) is 11.3 Å². The second-order valence-corrected chi connectivity index (χ2v) is 6.98. The molecule has 0 unspecified atom stereocenters. The van der Waals surface area contributed by atoms with Crippen LogP contribution in [0.1, 0.15) is 18.4 Å². The van der Waals surface area contributed by atoms with Gasteiger partial charge in [0.1, 0.15) is 0 Å². The molecule has 0 bridgehead atoms. The summed E-state index contributed by atoms with van der Waals surface area (Å²) < 4.78 is 6.34. The number of nitrogens with two attached hydrogens (primary N) is 1. The first kappa shape index (κ1) is 14.0.